The van der Waals surface area contributed by atoms with E-state index in [1.165, 1.54) is 0 Å². The predicted molar refractivity (Wildman–Crippen MR) is 39.7 cm³/mol. The van der Waals surface area contributed by atoms with Crippen LogP contribution in [0.15, 0.2) is 0 Å². The zero-order valence-electron chi connectivity index (χ0n) is 6.06. The van der Waals surface area contributed by atoms with Crippen molar-refractivity contribution in [2.75, 3.05) is 6.54 Å². The molecule has 9 heavy (non-hydrogen) atoms. The zero-order chi connectivity index (χ0) is 7.33. The molecule has 0 aliphatic carbocycles. The second-order valence-electron chi connectivity index (χ2n) is 2.52. The Bertz CT molecular complexity index is 62.7. The van der Waals surface area contributed by atoms with E-state index < -0.39 is 5.66 Å². The molecule has 0 heterocycles. The van der Waals surface area contributed by atoms with E-state index >= 15 is 0 Å². The van der Waals surface area contributed by atoms with E-state index in [9.17, 15) is 0 Å². The normalized spacial score (nSPS) is 12.0. The van der Waals surface area contributed by atoms with E-state index in [4.69, 9.17) is 17.2 Å². The highest BCUT2D eigenvalue weighted by molar-refractivity contribution is 4.75. The van der Waals surface area contributed by atoms with Crippen molar-refractivity contribution in [3.63, 3.8) is 0 Å². The fourth-order valence-electron chi connectivity index (χ4n) is 0.859. The third-order valence-corrected chi connectivity index (χ3v) is 1.33. The molecule has 0 aromatic carbocycles. The van der Waals surface area contributed by atoms with E-state index in [0.29, 0.717) is 13.0 Å². The molecule has 0 amide bonds. The topological polar surface area (TPSA) is 78.1 Å². The van der Waals surface area contributed by atoms with Gasteiger partial charge in [-0.3, -0.25) is 0 Å². The van der Waals surface area contributed by atoms with Gasteiger partial charge in [-0.1, -0.05) is 13.3 Å². The molecular formula is C6H17N3. The van der Waals surface area contributed by atoms with Crippen LogP contribution in [0.4, 0.5) is 0 Å². The van der Waals surface area contributed by atoms with E-state index in [0.717, 1.165) is 12.8 Å². The maximum Gasteiger partial charge on any atom is 0.0648 e. The summed E-state index contributed by atoms with van der Waals surface area (Å²) in [6.45, 7) is 2.64. The van der Waals surface area contributed by atoms with Gasteiger partial charge in [0.05, 0.1) is 5.66 Å². The van der Waals surface area contributed by atoms with Crippen LogP contribution >= 0.6 is 0 Å². The molecule has 3 nitrogen and oxygen atoms in total. The van der Waals surface area contributed by atoms with Gasteiger partial charge < -0.3 is 17.2 Å². The first-order valence-corrected chi connectivity index (χ1v) is 3.40. The minimum absolute atomic E-state index is 0.524. The van der Waals surface area contributed by atoms with E-state index in [-0.39, 0.29) is 0 Å². The van der Waals surface area contributed by atoms with Crippen molar-refractivity contribution in [2.24, 2.45) is 17.2 Å². The van der Waals surface area contributed by atoms with Crippen LogP contribution in [0.2, 0.25) is 0 Å². The summed E-state index contributed by atoms with van der Waals surface area (Å²) in [7, 11) is 0. The molecule has 0 saturated heterocycles. The van der Waals surface area contributed by atoms with Crippen molar-refractivity contribution >= 4 is 0 Å². The Morgan fingerprint density at radius 1 is 1.22 bits per heavy atom. The van der Waals surface area contributed by atoms with E-state index in [1.807, 2.05) is 0 Å². The summed E-state index contributed by atoms with van der Waals surface area (Å²) in [6.07, 6.45) is 2.58. The number of hydrogen-bond donors (Lipinski definition) is 3. The van der Waals surface area contributed by atoms with Crippen LogP contribution in [0.25, 0.3) is 0 Å². The highest BCUT2D eigenvalue weighted by Crippen LogP contribution is 2.04. The van der Waals surface area contributed by atoms with E-state index in [2.05, 4.69) is 6.92 Å². The molecule has 0 spiro atoms. The zero-order valence-corrected chi connectivity index (χ0v) is 6.06. The molecule has 0 aliphatic heterocycles. The van der Waals surface area contributed by atoms with Crippen LogP contribution in [-0.2, 0) is 0 Å². The lowest BCUT2D eigenvalue weighted by Gasteiger charge is -2.22. The average molecular weight is 131 g/mol. The molecule has 0 aliphatic rings. The van der Waals surface area contributed by atoms with Crippen molar-refractivity contribution in [3.05, 3.63) is 0 Å². The van der Waals surface area contributed by atoms with Crippen LogP contribution in [-0.4, -0.2) is 12.2 Å². The fraction of sp³-hybridized carbons (Fsp3) is 1.00. The Morgan fingerprint density at radius 3 is 2.11 bits per heavy atom. The molecule has 0 fully saturated rings. The molecule has 0 radical (unpaired) electrons. The maximum absolute atomic E-state index is 5.64. The van der Waals surface area contributed by atoms with Crippen LogP contribution < -0.4 is 17.2 Å². The summed E-state index contributed by atoms with van der Waals surface area (Å²) >= 11 is 0. The predicted octanol–water partition coefficient (Wildman–Crippen LogP) is -0.251. The van der Waals surface area contributed by atoms with Gasteiger partial charge in [-0.15, -0.1) is 0 Å². The smallest absolute Gasteiger partial charge is 0.0648 e. The molecule has 0 aromatic rings. The lowest BCUT2D eigenvalue weighted by Crippen LogP contribution is -2.50. The second-order valence-corrected chi connectivity index (χ2v) is 2.52. The standard InChI is InChI=1S/C6H17N3/c1-2-3-6(8,9)4-5-7/h2-5,7-9H2,1H3. The third-order valence-electron chi connectivity index (χ3n) is 1.33. The average Bonchev–Trinajstić information content (AvgIpc) is 1.64. The molecule has 0 saturated carbocycles. The molecule has 0 aromatic heterocycles. The van der Waals surface area contributed by atoms with Gasteiger partial charge in [0.15, 0.2) is 0 Å². The summed E-state index contributed by atoms with van der Waals surface area (Å²) in [6, 6.07) is 0. The van der Waals surface area contributed by atoms with Crippen LogP contribution in [0, 0.1) is 0 Å². The van der Waals surface area contributed by atoms with Crippen LogP contribution in [0.1, 0.15) is 26.2 Å². The summed E-state index contributed by atoms with van der Waals surface area (Å²) in [4.78, 5) is 0. The molecular weight excluding hydrogens is 114 g/mol. The largest absolute Gasteiger partial charge is 0.330 e. The summed E-state index contributed by atoms with van der Waals surface area (Å²) in [5.74, 6) is 0. The Hall–Kier alpha value is -0.120. The fourth-order valence-corrected chi connectivity index (χ4v) is 0.859. The molecule has 56 valence electrons. The maximum atomic E-state index is 5.64. The molecule has 0 atom stereocenters. The SMILES string of the molecule is CCCC(N)(N)CCN. The van der Waals surface area contributed by atoms with Crippen molar-refractivity contribution < 1.29 is 0 Å². The van der Waals surface area contributed by atoms with Crippen LogP contribution in [0.5, 0.6) is 0 Å². The van der Waals surface area contributed by atoms with Crippen molar-refractivity contribution in [1.82, 2.24) is 0 Å². The van der Waals surface area contributed by atoms with Gasteiger partial charge in [0.25, 0.3) is 0 Å². The Balaban J connectivity index is 3.43. The lowest BCUT2D eigenvalue weighted by atomic mass is 10.0. The lowest BCUT2D eigenvalue weighted by molar-refractivity contribution is 0.380. The Labute approximate surface area is 56.6 Å². The van der Waals surface area contributed by atoms with Gasteiger partial charge in [0.1, 0.15) is 0 Å². The van der Waals surface area contributed by atoms with Crippen molar-refractivity contribution in [3.8, 4) is 0 Å². The third kappa shape index (κ3) is 4.39. The minimum atomic E-state index is -0.524. The summed E-state index contributed by atoms with van der Waals surface area (Å²) < 4.78 is 0. The number of nitrogens with two attached hydrogens (primary N) is 3. The van der Waals surface area contributed by atoms with Gasteiger partial charge in [-0.05, 0) is 19.4 Å². The molecule has 0 unspecified atom stereocenters. The van der Waals surface area contributed by atoms with Crippen LogP contribution in [0.3, 0.4) is 0 Å². The quantitative estimate of drug-likeness (QED) is 0.460. The van der Waals surface area contributed by atoms with Crippen molar-refractivity contribution in [2.45, 2.75) is 31.8 Å². The Morgan fingerprint density at radius 2 is 1.78 bits per heavy atom. The first-order valence-electron chi connectivity index (χ1n) is 3.40. The van der Waals surface area contributed by atoms with Gasteiger partial charge in [-0.25, -0.2) is 0 Å². The number of rotatable bonds is 4. The highest BCUT2D eigenvalue weighted by Gasteiger charge is 2.15. The number of hydrogen-bond acceptors (Lipinski definition) is 3. The molecule has 3 heteroatoms. The van der Waals surface area contributed by atoms with Gasteiger partial charge in [-0.2, -0.15) is 0 Å². The summed E-state index contributed by atoms with van der Waals surface area (Å²) in [5.41, 5.74) is 16.0. The first-order chi connectivity index (χ1) is 4.12. The monoisotopic (exact) mass is 131 g/mol. The van der Waals surface area contributed by atoms with Gasteiger partial charge in [0.2, 0.25) is 0 Å². The van der Waals surface area contributed by atoms with E-state index in [1.54, 1.807) is 0 Å². The molecule has 0 rings (SSSR count). The summed E-state index contributed by atoms with van der Waals surface area (Å²) in [5, 5.41) is 0. The van der Waals surface area contributed by atoms with Gasteiger partial charge >= 0.3 is 0 Å². The minimum Gasteiger partial charge on any atom is -0.330 e. The van der Waals surface area contributed by atoms with Gasteiger partial charge in [0, 0.05) is 0 Å². The highest BCUT2D eigenvalue weighted by atomic mass is 15.0. The first kappa shape index (κ1) is 8.88. The Kier molecular flexibility index (Phi) is 3.77. The molecule has 0 bridgehead atoms. The molecule has 6 N–H and O–H groups in total. The second kappa shape index (κ2) is 3.82. The van der Waals surface area contributed by atoms with Crippen molar-refractivity contribution in [1.29, 1.82) is 0 Å².